The van der Waals surface area contributed by atoms with E-state index in [0.29, 0.717) is 6.42 Å². The van der Waals surface area contributed by atoms with Crippen molar-refractivity contribution in [3.8, 4) is 0 Å². The van der Waals surface area contributed by atoms with Crippen LogP contribution in [0.1, 0.15) is 5.69 Å². The van der Waals surface area contributed by atoms with E-state index in [4.69, 9.17) is 0 Å². The maximum absolute atomic E-state index is 11.8. The van der Waals surface area contributed by atoms with Gasteiger partial charge in [0, 0.05) is 37.4 Å². The molecule has 0 saturated carbocycles. The van der Waals surface area contributed by atoms with Crippen molar-refractivity contribution in [1.29, 1.82) is 0 Å². The van der Waals surface area contributed by atoms with Gasteiger partial charge in [-0.1, -0.05) is 0 Å². The molecule has 2 aromatic rings. The summed E-state index contributed by atoms with van der Waals surface area (Å²) in [7, 11) is 3.97. The van der Waals surface area contributed by atoms with Gasteiger partial charge in [0.05, 0.1) is 6.42 Å². The average Bonchev–Trinajstić information content (AvgIpc) is 2.82. The minimum Gasteiger partial charge on any atom is -0.378 e. The maximum atomic E-state index is 11.8. The van der Waals surface area contributed by atoms with Gasteiger partial charge in [0.15, 0.2) is 0 Å². The van der Waals surface area contributed by atoms with E-state index in [1.165, 1.54) is 0 Å². The standard InChI is InChI=1S/C14H17N3O/c1-17(2)13-7-5-11(6-8-13)16-14(18)10-12-4-3-9-15-12/h3-9,15H,10H2,1-2H3,(H,16,18). The molecule has 2 rings (SSSR count). The van der Waals surface area contributed by atoms with Crippen molar-refractivity contribution in [2.24, 2.45) is 0 Å². The van der Waals surface area contributed by atoms with Crippen LogP contribution in [0.15, 0.2) is 42.6 Å². The van der Waals surface area contributed by atoms with E-state index >= 15 is 0 Å². The fourth-order valence-corrected chi connectivity index (χ4v) is 1.70. The Bertz CT molecular complexity index is 500. The number of aromatic amines is 1. The lowest BCUT2D eigenvalue weighted by Gasteiger charge is -2.12. The lowest BCUT2D eigenvalue weighted by molar-refractivity contribution is -0.115. The normalized spacial score (nSPS) is 10.1. The molecule has 1 aromatic carbocycles. The number of carbonyl (C=O) groups is 1. The van der Waals surface area contributed by atoms with E-state index in [-0.39, 0.29) is 5.91 Å². The highest BCUT2D eigenvalue weighted by atomic mass is 16.1. The van der Waals surface area contributed by atoms with Gasteiger partial charge >= 0.3 is 0 Å². The van der Waals surface area contributed by atoms with Crippen LogP contribution in [0.25, 0.3) is 0 Å². The summed E-state index contributed by atoms with van der Waals surface area (Å²) in [6, 6.07) is 11.5. The van der Waals surface area contributed by atoms with Gasteiger partial charge in [0.25, 0.3) is 0 Å². The van der Waals surface area contributed by atoms with Gasteiger partial charge < -0.3 is 15.2 Å². The van der Waals surface area contributed by atoms with Gasteiger partial charge in [0.1, 0.15) is 0 Å². The molecule has 1 amide bonds. The molecule has 0 radical (unpaired) electrons. The van der Waals surface area contributed by atoms with Crippen LogP contribution in [-0.4, -0.2) is 25.0 Å². The molecule has 1 heterocycles. The Kier molecular flexibility index (Phi) is 3.67. The molecule has 2 N–H and O–H groups in total. The number of hydrogen-bond donors (Lipinski definition) is 2. The highest BCUT2D eigenvalue weighted by molar-refractivity contribution is 5.92. The second-order valence-corrected chi connectivity index (χ2v) is 4.36. The minimum absolute atomic E-state index is 0.0185. The number of nitrogens with one attached hydrogen (secondary N) is 2. The molecule has 18 heavy (non-hydrogen) atoms. The van der Waals surface area contributed by atoms with Crippen molar-refractivity contribution >= 4 is 17.3 Å². The van der Waals surface area contributed by atoms with Crippen molar-refractivity contribution in [3.63, 3.8) is 0 Å². The molecule has 0 saturated heterocycles. The first kappa shape index (κ1) is 12.2. The highest BCUT2D eigenvalue weighted by Crippen LogP contribution is 2.15. The molecule has 94 valence electrons. The first-order valence-electron chi connectivity index (χ1n) is 5.84. The van der Waals surface area contributed by atoms with Crippen LogP contribution < -0.4 is 10.2 Å². The zero-order chi connectivity index (χ0) is 13.0. The molecule has 0 unspecified atom stereocenters. The third kappa shape index (κ3) is 3.13. The second-order valence-electron chi connectivity index (χ2n) is 4.36. The van der Waals surface area contributed by atoms with Crippen molar-refractivity contribution in [2.75, 3.05) is 24.3 Å². The van der Waals surface area contributed by atoms with Gasteiger partial charge in [-0.15, -0.1) is 0 Å². The smallest absolute Gasteiger partial charge is 0.230 e. The van der Waals surface area contributed by atoms with Crippen molar-refractivity contribution < 1.29 is 4.79 Å². The Morgan fingerprint density at radius 3 is 2.50 bits per heavy atom. The number of aromatic nitrogens is 1. The largest absolute Gasteiger partial charge is 0.378 e. The van der Waals surface area contributed by atoms with Gasteiger partial charge in [-0.05, 0) is 36.4 Å². The van der Waals surface area contributed by atoms with Crippen LogP contribution in [0.4, 0.5) is 11.4 Å². The summed E-state index contributed by atoms with van der Waals surface area (Å²) in [4.78, 5) is 16.8. The molecule has 1 aromatic heterocycles. The Morgan fingerprint density at radius 2 is 1.94 bits per heavy atom. The molecule has 0 aliphatic heterocycles. The van der Waals surface area contributed by atoms with Crippen LogP contribution in [0.2, 0.25) is 0 Å². The molecular formula is C14H17N3O. The second kappa shape index (κ2) is 5.40. The Morgan fingerprint density at radius 1 is 1.22 bits per heavy atom. The van der Waals surface area contributed by atoms with Gasteiger partial charge in [-0.2, -0.15) is 0 Å². The summed E-state index contributed by atoms with van der Waals surface area (Å²) in [5.41, 5.74) is 2.84. The Hall–Kier alpha value is -2.23. The minimum atomic E-state index is -0.0185. The van der Waals surface area contributed by atoms with Crippen molar-refractivity contribution in [1.82, 2.24) is 4.98 Å². The SMILES string of the molecule is CN(C)c1ccc(NC(=O)Cc2ccc[nH]2)cc1. The van der Waals surface area contributed by atoms with Crippen LogP contribution in [0.5, 0.6) is 0 Å². The van der Waals surface area contributed by atoms with Crippen molar-refractivity contribution in [2.45, 2.75) is 6.42 Å². The Labute approximate surface area is 107 Å². The highest BCUT2D eigenvalue weighted by Gasteiger charge is 2.04. The monoisotopic (exact) mass is 243 g/mol. The molecule has 0 spiro atoms. The zero-order valence-electron chi connectivity index (χ0n) is 10.6. The molecule has 0 bridgehead atoms. The number of benzene rings is 1. The van der Waals surface area contributed by atoms with Crippen LogP contribution in [0, 0.1) is 0 Å². The quantitative estimate of drug-likeness (QED) is 0.865. The predicted octanol–water partition coefficient (Wildman–Crippen LogP) is 2.26. The summed E-state index contributed by atoms with van der Waals surface area (Å²) in [5.74, 6) is -0.0185. The van der Waals surface area contributed by atoms with E-state index in [2.05, 4.69) is 10.3 Å². The van der Waals surface area contributed by atoms with E-state index in [1.807, 2.05) is 61.6 Å². The number of carbonyl (C=O) groups excluding carboxylic acids is 1. The maximum Gasteiger partial charge on any atom is 0.230 e. The number of H-pyrrole nitrogens is 1. The molecule has 4 nitrogen and oxygen atoms in total. The Balaban J connectivity index is 1.95. The number of hydrogen-bond acceptors (Lipinski definition) is 2. The van der Waals surface area contributed by atoms with Gasteiger partial charge in [-0.25, -0.2) is 0 Å². The number of nitrogens with zero attached hydrogens (tertiary/aromatic N) is 1. The van der Waals surface area contributed by atoms with Gasteiger partial charge in [-0.3, -0.25) is 4.79 Å². The average molecular weight is 243 g/mol. The molecule has 0 atom stereocenters. The van der Waals surface area contributed by atoms with Gasteiger partial charge in [0.2, 0.25) is 5.91 Å². The topological polar surface area (TPSA) is 48.1 Å². The number of anilines is 2. The van der Waals surface area contributed by atoms with E-state index in [0.717, 1.165) is 17.1 Å². The lowest BCUT2D eigenvalue weighted by Crippen LogP contribution is -2.14. The first-order chi connectivity index (χ1) is 8.65. The first-order valence-corrected chi connectivity index (χ1v) is 5.84. The third-order valence-electron chi connectivity index (χ3n) is 2.68. The van der Waals surface area contributed by atoms with E-state index < -0.39 is 0 Å². The summed E-state index contributed by atoms with van der Waals surface area (Å²) in [6.07, 6.45) is 2.18. The molecule has 0 aliphatic carbocycles. The van der Waals surface area contributed by atoms with Crippen LogP contribution >= 0.6 is 0 Å². The molecule has 4 heteroatoms. The zero-order valence-corrected chi connectivity index (χ0v) is 10.6. The summed E-state index contributed by atoms with van der Waals surface area (Å²) in [6.45, 7) is 0. The van der Waals surface area contributed by atoms with Crippen LogP contribution in [-0.2, 0) is 11.2 Å². The number of amides is 1. The summed E-state index contributed by atoms with van der Waals surface area (Å²) < 4.78 is 0. The summed E-state index contributed by atoms with van der Waals surface area (Å²) >= 11 is 0. The van der Waals surface area contributed by atoms with E-state index in [9.17, 15) is 4.79 Å². The fourth-order valence-electron chi connectivity index (χ4n) is 1.70. The number of rotatable bonds is 4. The van der Waals surface area contributed by atoms with E-state index in [1.54, 1.807) is 0 Å². The molecule has 0 fully saturated rings. The summed E-state index contributed by atoms with van der Waals surface area (Å²) in [5, 5.41) is 2.87. The fraction of sp³-hybridized carbons (Fsp3) is 0.214. The van der Waals surface area contributed by atoms with Crippen LogP contribution in [0.3, 0.4) is 0 Å². The van der Waals surface area contributed by atoms with Crippen molar-refractivity contribution in [3.05, 3.63) is 48.3 Å². The lowest BCUT2D eigenvalue weighted by atomic mass is 10.2. The predicted molar refractivity (Wildman–Crippen MR) is 73.9 cm³/mol. The molecular weight excluding hydrogens is 226 g/mol. The molecule has 0 aliphatic rings. The third-order valence-corrected chi connectivity index (χ3v) is 2.68.